The van der Waals surface area contributed by atoms with E-state index in [0.29, 0.717) is 22.8 Å². The summed E-state index contributed by atoms with van der Waals surface area (Å²) in [5.74, 6) is 1.11. The van der Waals surface area contributed by atoms with Gasteiger partial charge < -0.3 is 25.4 Å². The monoisotopic (exact) mass is 295 g/mol. The summed E-state index contributed by atoms with van der Waals surface area (Å²) in [6.07, 6.45) is -2.56. The number of nitrogens with one attached hydrogen (secondary N) is 1. The number of aliphatic hydroxyl groups excluding tert-OH is 3. The van der Waals surface area contributed by atoms with Gasteiger partial charge in [-0.25, -0.2) is 15.0 Å². The Hall–Kier alpha value is -1.81. The highest BCUT2D eigenvalue weighted by Gasteiger charge is 2.44. The Balaban J connectivity index is 2.07. The summed E-state index contributed by atoms with van der Waals surface area (Å²) in [5, 5.41) is 32.0. The first kappa shape index (κ1) is 14.1. The van der Waals surface area contributed by atoms with Crippen LogP contribution in [0.3, 0.4) is 0 Å². The number of nitrogens with zero attached hydrogens (tertiary/aromatic N) is 4. The molecule has 114 valence electrons. The van der Waals surface area contributed by atoms with Crippen LogP contribution in [-0.2, 0) is 4.74 Å². The molecule has 0 aromatic carbocycles. The largest absolute Gasteiger partial charge is 0.394 e. The lowest BCUT2D eigenvalue weighted by atomic mass is 10.1. The molecule has 3 rings (SSSR count). The van der Waals surface area contributed by atoms with Gasteiger partial charge in [0, 0.05) is 7.05 Å². The molecule has 0 bridgehead atoms. The van der Waals surface area contributed by atoms with Gasteiger partial charge in [0.05, 0.1) is 12.9 Å². The number of anilines is 1. The molecule has 2 aromatic heterocycles. The van der Waals surface area contributed by atoms with E-state index in [4.69, 9.17) is 9.84 Å². The van der Waals surface area contributed by atoms with Gasteiger partial charge in [-0.3, -0.25) is 4.57 Å². The molecule has 4 atom stereocenters. The SMILES string of the molecule is CNc1nc(C)nc2c1ncn2[C@@H]1O[C@H](CO)[C@@H](O)[C@H]1O. The molecule has 2 aromatic rings. The van der Waals surface area contributed by atoms with Crippen LogP contribution in [0.2, 0.25) is 0 Å². The van der Waals surface area contributed by atoms with E-state index in [1.54, 1.807) is 14.0 Å². The van der Waals surface area contributed by atoms with Gasteiger partial charge in [-0.2, -0.15) is 0 Å². The van der Waals surface area contributed by atoms with Crippen molar-refractivity contribution in [3.63, 3.8) is 0 Å². The molecule has 0 spiro atoms. The topological polar surface area (TPSA) is 126 Å². The van der Waals surface area contributed by atoms with E-state index in [1.807, 2.05) is 0 Å². The predicted octanol–water partition coefficient (Wildman–Crippen LogP) is -1.21. The fourth-order valence-electron chi connectivity index (χ4n) is 2.50. The summed E-state index contributed by atoms with van der Waals surface area (Å²) in [6, 6.07) is 0. The first-order valence-electron chi connectivity index (χ1n) is 6.58. The van der Waals surface area contributed by atoms with Gasteiger partial charge in [-0.1, -0.05) is 0 Å². The minimum Gasteiger partial charge on any atom is -0.394 e. The molecule has 0 aliphatic carbocycles. The molecule has 21 heavy (non-hydrogen) atoms. The second-order valence-corrected chi connectivity index (χ2v) is 4.92. The Kier molecular flexibility index (Phi) is 3.49. The van der Waals surface area contributed by atoms with E-state index >= 15 is 0 Å². The van der Waals surface area contributed by atoms with Crippen LogP contribution in [0.15, 0.2) is 6.33 Å². The zero-order valence-corrected chi connectivity index (χ0v) is 11.6. The Morgan fingerprint density at radius 3 is 2.71 bits per heavy atom. The van der Waals surface area contributed by atoms with Crippen molar-refractivity contribution in [2.24, 2.45) is 0 Å². The zero-order valence-electron chi connectivity index (χ0n) is 11.6. The number of rotatable bonds is 3. The highest BCUT2D eigenvalue weighted by Crippen LogP contribution is 2.32. The molecule has 1 aliphatic rings. The number of ether oxygens (including phenoxy) is 1. The lowest BCUT2D eigenvalue weighted by Gasteiger charge is -2.16. The van der Waals surface area contributed by atoms with Crippen LogP contribution < -0.4 is 5.32 Å². The lowest BCUT2D eigenvalue weighted by molar-refractivity contribution is -0.0511. The average molecular weight is 295 g/mol. The fourth-order valence-corrected chi connectivity index (χ4v) is 2.50. The first-order chi connectivity index (χ1) is 10.1. The number of imidazole rings is 1. The molecule has 9 heteroatoms. The van der Waals surface area contributed by atoms with Gasteiger partial charge in [-0.05, 0) is 6.92 Å². The molecule has 3 heterocycles. The van der Waals surface area contributed by atoms with Crippen LogP contribution in [0.4, 0.5) is 5.82 Å². The van der Waals surface area contributed by atoms with Crippen LogP contribution in [0.1, 0.15) is 12.1 Å². The highest BCUT2D eigenvalue weighted by molar-refractivity contribution is 5.82. The lowest BCUT2D eigenvalue weighted by Crippen LogP contribution is -2.33. The van der Waals surface area contributed by atoms with Crippen molar-refractivity contribution < 1.29 is 20.1 Å². The third-order valence-electron chi connectivity index (χ3n) is 3.56. The Morgan fingerprint density at radius 1 is 1.33 bits per heavy atom. The van der Waals surface area contributed by atoms with Gasteiger partial charge in [0.2, 0.25) is 0 Å². The van der Waals surface area contributed by atoms with E-state index in [2.05, 4.69) is 20.3 Å². The molecule has 9 nitrogen and oxygen atoms in total. The third-order valence-corrected chi connectivity index (χ3v) is 3.56. The first-order valence-corrected chi connectivity index (χ1v) is 6.58. The van der Waals surface area contributed by atoms with Crippen molar-refractivity contribution >= 4 is 17.0 Å². The van der Waals surface area contributed by atoms with Crippen molar-refractivity contribution in [2.45, 2.75) is 31.5 Å². The second-order valence-electron chi connectivity index (χ2n) is 4.92. The van der Waals surface area contributed by atoms with E-state index in [9.17, 15) is 10.2 Å². The van der Waals surface area contributed by atoms with Crippen molar-refractivity contribution in [1.82, 2.24) is 19.5 Å². The second kappa shape index (κ2) is 5.19. The highest BCUT2D eigenvalue weighted by atomic mass is 16.6. The number of aromatic nitrogens is 4. The Labute approximate surface area is 120 Å². The van der Waals surface area contributed by atoms with Crippen molar-refractivity contribution in [3.05, 3.63) is 12.2 Å². The van der Waals surface area contributed by atoms with Crippen LogP contribution in [0, 0.1) is 6.92 Å². The summed E-state index contributed by atoms with van der Waals surface area (Å²) in [6.45, 7) is 1.37. The number of aliphatic hydroxyl groups is 3. The minimum atomic E-state index is -1.17. The van der Waals surface area contributed by atoms with Gasteiger partial charge in [0.1, 0.15) is 24.1 Å². The van der Waals surface area contributed by atoms with E-state index in [-0.39, 0.29) is 6.61 Å². The van der Waals surface area contributed by atoms with Gasteiger partial charge in [-0.15, -0.1) is 0 Å². The number of fused-ring (bicyclic) bond motifs is 1. The van der Waals surface area contributed by atoms with Gasteiger partial charge in [0.15, 0.2) is 23.2 Å². The third kappa shape index (κ3) is 2.14. The zero-order chi connectivity index (χ0) is 15.1. The molecule has 1 aliphatic heterocycles. The minimum absolute atomic E-state index is 0.378. The molecule has 0 radical (unpaired) electrons. The molecule has 0 unspecified atom stereocenters. The molecule has 4 N–H and O–H groups in total. The normalized spacial score (nSPS) is 29.2. The molecule has 1 saturated heterocycles. The summed E-state index contributed by atoms with van der Waals surface area (Å²) >= 11 is 0. The predicted molar refractivity (Wildman–Crippen MR) is 72.6 cm³/mol. The summed E-state index contributed by atoms with van der Waals surface area (Å²) in [7, 11) is 1.73. The van der Waals surface area contributed by atoms with Crippen molar-refractivity contribution in [2.75, 3.05) is 19.0 Å². The molecular formula is C12H17N5O4. The maximum absolute atomic E-state index is 10.1. The maximum Gasteiger partial charge on any atom is 0.167 e. The fraction of sp³-hybridized carbons (Fsp3) is 0.583. The summed E-state index contributed by atoms with van der Waals surface area (Å²) in [4.78, 5) is 12.8. The van der Waals surface area contributed by atoms with Crippen molar-refractivity contribution in [1.29, 1.82) is 0 Å². The number of hydrogen-bond donors (Lipinski definition) is 4. The van der Waals surface area contributed by atoms with Crippen molar-refractivity contribution in [3.8, 4) is 0 Å². The van der Waals surface area contributed by atoms with Crippen LogP contribution in [0.25, 0.3) is 11.2 Å². The van der Waals surface area contributed by atoms with Crippen LogP contribution in [0.5, 0.6) is 0 Å². The van der Waals surface area contributed by atoms with Crippen LogP contribution in [-0.4, -0.2) is 66.8 Å². The smallest absolute Gasteiger partial charge is 0.167 e. The standard InChI is InChI=1S/C12H17N5O4/c1-5-15-10(13-2)7-11(16-5)17(4-14-7)12-9(20)8(19)6(3-18)21-12/h4,6,8-9,12,18-20H,3H2,1-2H3,(H,13,15,16)/t6-,8-,9-,12-/m1/s1. The molecular weight excluding hydrogens is 278 g/mol. The molecule has 1 fully saturated rings. The summed E-state index contributed by atoms with van der Waals surface area (Å²) < 4.78 is 7.03. The molecule has 0 amide bonds. The van der Waals surface area contributed by atoms with Gasteiger partial charge >= 0.3 is 0 Å². The van der Waals surface area contributed by atoms with E-state index in [0.717, 1.165) is 0 Å². The summed E-state index contributed by atoms with van der Waals surface area (Å²) in [5.41, 5.74) is 1.03. The van der Waals surface area contributed by atoms with Crippen LogP contribution >= 0.6 is 0 Å². The number of hydrogen-bond acceptors (Lipinski definition) is 8. The number of aryl methyl sites for hydroxylation is 1. The average Bonchev–Trinajstić information content (AvgIpc) is 3.01. The van der Waals surface area contributed by atoms with E-state index in [1.165, 1.54) is 10.9 Å². The quantitative estimate of drug-likeness (QED) is 0.555. The maximum atomic E-state index is 10.1. The van der Waals surface area contributed by atoms with Gasteiger partial charge in [0.25, 0.3) is 0 Å². The molecule has 0 saturated carbocycles. The Morgan fingerprint density at radius 2 is 2.10 bits per heavy atom. The van der Waals surface area contributed by atoms with E-state index < -0.39 is 24.5 Å². The Bertz CT molecular complexity index is 660.